The Bertz CT molecular complexity index is 859. The number of nitrogens with two attached hydrogens (primary N) is 2. The lowest BCUT2D eigenvalue weighted by atomic mass is 10.0. The van der Waals surface area contributed by atoms with Crippen molar-refractivity contribution in [3.05, 3.63) is 53.7 Å². The number of ether oxygens (including phenoxy) is 2. The molecule has 1 heterocycles. The van der Waals surface area contributed by atoms with Crippen LogP contribution in [0, 0.1) is 6.92 Å². The lowest BCUT2D eigenvalue weighted by Crippen LogP contribution is -2.34. The van der Waals surface area contributed by atoms with Gasteiger partial charge in [-0.25, -0.2) is 4.99 Å². The van der Waals surface area contributed by atoms with Crippen LogP contribution in [0.4, 0.5) is 17.1 Å². The number of rotatable bonds is 4. The highest BCUT2D eigenvalue weighted by molar-refractivity contribution is 6.17. The highest BCUT2D eigenvalue weighted by Crippen LogP contribution is 2.34. The van der Waals surface area contributed by atoms with Crippen molar-refractivity contribution in [3.63, 3.8) is 0 Å². The van der Waals surface area contributed by atoms with Gasteiger partial charge in [0.25, 0.3) is 0 Å². The molecule has 130 valence electrons. The molecular formula is C19H22N4O2. The summed E-state index contributed by atoms with van der Waals surface area (Å²) in [6, 6.07) is 9.50. The Labute approximate surface area is 147 Å². The lowest BCUT2D eigenvalue weighted by molar-refractivity contribution is 0.355. The van der Waals surface area contributed by atoms with E-state index < -0.39 is 0 Å². The monoisotopic (exact) mass is 338 g/mol. The van der Waals surface area contributed by atoms with Crippen LogP contribution in [0.5, 0.6) is 11.5 Å². The molecule has 0 spiro atoms. The first-order valence-corrected chi connectivity index (χ1v) is 7.94. The van der Waals surface area contributed by atoms with Gasteiger partial charge in [0.2, 0.25) is 0 Å². The molecule has 2 aromatic carbocycles. The fourth-order valence-corrected chi connectivity index (χ4v) is 2.84. The van der Waals surface area contributed by atoms with E-state index in [-0.39, 0.29) is 0 Å². The largest absolute Gasteiger partial charge is 0.493 e. The number of anilines is 3. The first-order valence-electron chi connectivity index (χ1n) is 7.94. The predicted molar refractivity (Wildman–Crippen MR) is 103 cm³/mol. The molecule has 0 amide bonds. The van der Waals surface area contributed by atoms with Gasteiger partial charge in [0.05, 0.1) is 19.8 Å². The normalized spacial score (nSPS) is 13.6. The zero-order valence-electron chi connectivity index (χ0n) is 14.6. The molecule has 0 saturated carbocycles. The molecule has 25 heavy (non-hydrogen) atoms. The highest BCUT2D eigenvalue weighted by Gasteiger charge is 2.22. The standard InChI is InChI=1S/C19H22N4O2/c1-12-5-7-14(20)17(18(12)21)19-22-9-4-10-23(19)13-6-8-15(24-2)16(11-13)25-3/h4-9,11H,10,20-21H2,1-3H3. The van der Waals surface area contributed by atoms with E-state index in [0.29, 0.717) is 35.3 Å². The van der Waals surface area contributed by atoms with Crippen molar-refractivity contribution >= 4 is 22.9 Å². The summed E-state index contributed by atoms with van der Waals surface area (Å²) in [6.45, 7) is 2.61. The number of nitrogens with zero attached hydrogens (tertiary/aromatic N) is 2. The van der Waals surface area contributed by atoms with Crippen LogP contribution in [0.3, 0.4) is 0 Å². The van der Waals surface area contributed by atoms with E-state index >= 15 is 0 Å². The number of aliphatic imine (C=N–C) groups is 1. The van der Waals surface area contributed by atoms with Gasteiger partial charge in [0, 0.05) is 35.9 Å². The van der Waals surface area contributed by atoms with Crippen LogP contribution in [0.2, 0.25) is 0 Å². The summed E-state index contributed by atoms with van der Waals surface area (Å²) in [5.41, 5.74) is 16.4. The maximum Gasteiger partial charge on any atom is 0.162 e. The first-order chi connectivity index (χ1) is 12.1. The van der Waals surface area contributed by atoms with Crippen LogP contribution >= 0.6 is 0 Å². The third-order valence-corrected chi connectivity index (χ3v) is 4.24. The number of hydrogen-bond donors (Lipinski definition) is 2. The topological polar surface area (TPSA) is 86.1 Å². The SMILES string of the molecule is COc1ccc(N2CC=CN=C2c2c(N)ccc(C)c2N)cc1OC. The molecule has 1 aliphatic rings. The number of amidine groups is 1. The summed E-state index contributed by atoms with van der Waals surface area (Å²) in [4.78, 5) is 6.59. The molecular weight excluding hydrogens is 316 g/mol. The Hall–Kier alpha value is -3.15. The second-order valence-corrected chi connectivity index (χ2v) is 5.75. The molecule has 1 aliphatic heterocycles. The van der Waals surface area contributed by atoms with E-state index in [4.69, 9.17) is 20.9 Å². The van der Waals surface area contributed by atoms with Crippen molar-refractivity contribution in [3.8, 4) is 11.5 Å². The molecule has 0 aliphatic carbocycles. The van der Waals surface area contributed by atoms with Crippen molar-refractivity contribution < 1.29 is 9.47 Å². The maximum atomic E-state index is 6.30. The smallest absolute Gasteiger partial charge is 0.162 e. The molecule has 3 rings (SSSR count). The zero-order valence-corrected chi connectivity index (χ0v) is 14.6. The lowest BCUT2D eigenvalue weighted by Gasteiger charge is -2.29. The first kappa shape index (κ1) is 16.7. The average molecular weight is 338 g/mol. The fraction of sp³-hybridized carbons (Fsp3) is 0.211. The quantitative estimate of drug-likeness (QED) is 0.837. The highest BCUT2D eigenvalue weighted by atomic mass is 16.5. The van der Waals surface area contributed by atoms with E-state index in [1.165, 1.54) is 0 Å². The van der Waals surface area contributed by atoms with Crippen molar-refractivity contribution in [2.24, 2.45) is 4.99 Å². The molecule has 0 saturated heterocycles. The minimum Gasteiger partial charge on any atom is -0.493 e. The summed E-state index contributed by atoms with van der Waals surface area (Å²) in [7, 11) is 3.23. The summed E-state index contributed by atoms with van der Waals surface area (Å²) in [5.74, 6) is 2.04. The Morgan fingerprint density at radius 3 is 2.52 bits per heavy atom. The molecule has 6 nitrogen and oxygen atoms in total. The van der Waals surface area contributed by atoms with E-state index in [1.54, 1.807) is 20.4 Å². The molecule has 0 fully saturated rings. The average Bonchev–Trinajstić information content (AvgIpc) is 2.65. The molecule has 0 atom stereocenters. The van der Waals surface area contributed by atoms with Crippen molar-refractivity contribution in [1.29, 1.82) is 0 Å². The molecule has 6 heteroatoms. The Kier molecular flexibility index (Phi) is 4.52. The molecule has 0 bridgehead atoms. The van der Waals surface area contributed by atoms with Gasteiger partial charge in [0.15, 0.2) is 11.5 Å². The number of benzene rings is 2. The zero-order chi connectivity index (χ0) is 18.0. The molecule has 0 radical (unpaired) electrons. The third-order valence-electron chi connectivity index (χ3n) is 4.24. The molecule has 0 aromatic heterocycles. The van der Waals surface area contributed by atoms with Gasteiger partial charge in [-0.15, -0.1) is 0 Å². The van der Waals surface area contributed by atoms with E-state index in [9.17, 15) is 0 Å². The van der Waals surface area contributed by atoms with E-state index in [0.717, 1.165) is 16.8 Å². The van der Waals surface area contributed by atoms with Gasteiger partial charge < -0.3 is 25.8 Å². The van der Waals surface area contributed by atoms with Crippen LogP contribution < -0.4 is 25.8 Å². The van der Waals surface area contributed by atoms with Crippen LogP contribution in [0.1, 0.15) is 11.1 Å². The number of aryl methyl sites for hydroxylation is 1. The van der Waals surface area contributed by atoms with Crippen LogP contribution in [-0.2, 0) is 0 Å². The van der Waals surface area contributed by atoms with Gasteiger partial charge in [-0.2, -0.15) is 0 Å². The Morgan fingerprint density at radius 1 is 1.04 bits per heavy atom. The summed E-state index contributed by atoms with van der Waals surface area (Å²) in [5, 5.41) is 0. The van der Waals surface area contributed by atoms with Crippen LogP contribution in [0.15, 0.2) is 47.6 Å². The van der Waals surface area contributed by atoms with E-state index in [1.807, 2.05) is 48.2 Å². The molecule has 0 unspecified atom stereocenters. The summed E-state index contributed by atoms with van der Waals surface area (Å²) in [6.07, 6.45) is 3.75. The maximum absolute atomic E-state index is 6.30. The van der Waals surface area contributed by atoms with Crippen molar-refractivity contribution in [1.82, 2.24) is 0 Å². The Balaban J connectivity index is 2.10. The van der Waals surface area contributed by atoms with Crippen LogP contribution in [0.25, 0.3) is 0 Å². The van der Waals surface area contributed by atoms with E-state index in [2.05, 4.69) is 4.99 Å². The second-order valence-electron chi connectivity index (χ2n) is 5.75. The molecule has 4 N–H and O–H groups in total. The van der Waals surface area contributed by atoms with Gasteiger partial charge in [-0.3, -0.25) is 0 Å². The third kappa shape index (κ3) is 2.98. The van der Waals surface area contributed by atoms with Gasteiger partial charge in [-0.05, 0) is 36.8 Å². The number of hydrogen-bond acceptors (Lipinski definition) is 6. The van der Waals surface area contributed by atoms with Gasteiger partial charge >= 0.3 is 0 Å². The fourth-order valence-electron chi connectivity index (χ4n) is 2.84. The number of methoxy groups -OCH3 is 2. The van der Waals surface area contributed by atoms with Crippen molar-refractivity contribution in [2.45, 2.75) is 6.92 Å². The minimum absolute atomic E-state index is 0.600. The Morgan fingerprint density at radius 2 is 1.80 bits per heavy atom. The minimum atomic E-state index is 0.600. The van der Waals surface area contributed by atoms with Gasteiger partial charge in [0.1, 0.15) is 5.84 Å². The second kappa shape index (κ2) is 6.76. The van der Waals surface area contributed by atoms with Crippen LogP contribution in [-0.4, -0.2) is 26.6 Å². The van der Waals surface area contributed by atoms with Crippen molar-refractivity contribution in [2.75, 3.05) is 37.1 Å². The predicted octanol–water partition coefficient (Wildman–Crippen LogP) is 2.96. The summed E-state index contributed by atoms with van der Waals surface area (Å²) < 4.78 is 10.7. The molecule has 2 aromatic rings. The van der Waals surface area contributed by atoms with Gasteiger partial charge in [-0.1, -0.05) is 6.07 Å². The summed E-state index contributed by atoms with van der Waals surface area (Å²) >= 11 is 0. The number of nitrogen functional groups attached to an aromatic ring is 2.